The second kappa shape index (κ2) is 6.71. The van der Waals surface area contributed by atoms with Gasteiger partial charge in [-0.3, -0.25) is 14.5 Å². The maximum Gasteiger partial charge on any atom is 0.237 e. The van der Waals surface area contributed by atoms with Gasteiger partial charge >= 0.3 is 0 Å². The summed E-state index contributed by atoms with van der Waals surface area (Å²) in [6.07, 6.45) is 3.76. The van der Waals surface area contributed by atoms with Crippen LogP contribution in [0.1, 0.15) is 31.2 Å². The number of amides is 2. The molecule has 2 amide bonds. The summed E-state index contributed by atoms with van der Waals surface area (Å²) >= 11 is 0. The van der Waals surface area contributed by atoms with Gasteiger partial charge in [0.25, 0.3) is 0 Å². The van der Waals surface area contributed by atoms with Crippen molar-refractivity contribution in [2.24, 2.45) is 11.8 Å². The normalized spacial score (nSPS) is 22.8. The predicted octanol–water partition coefficient (Wildman–Crippen LogP) is 3.95. The van der Waals surface area contributed by atoms with E-state index in [9.17, 15) is 9.59 Å². The van der Waals surface area contributed by atoms with E-state index in [1.54, 1.807) is 12.1 Å². The molecule has 2 aliphatic rings. The lowest BCUT2D eigenvalue weighted by Gasteiger charge is -2.19. The number of imide groups is 1. The summed E-state index contributed by atoms with van der Waals surface area (Å²) in [6.45, 7) is 0.492. The molecule has 2 aromatic rings. The van der Waals surface area contributed by atoms with Crippen molar-refractivity contribution in [3.63, 3.8) is 0 Å². The number of rotatable bonds is 4. The molecule has 1 saturated heterocycles. The molecule has 1 aliphatic heterocycles. The van der Waals surface area contributed by atoms with Crippen molar-refractivity contribution in [3.8, 4) is 5.75 Å². The molecular formula is C21H21NO3. The molecule has 0 N–H and O–H groups in total. The van der Waals surface area contributed by atoms with Crippen LogP contribution in [0.4, 0.5) is 5.69 Å². The van der Waals surface area contributed by atoms with Crippen molar-refractivity contribution < 1.29 is 14.3 Å². The Balaban J connectivity index is 1.46. The van der Waals surface area contributed by atoms with Gasteiger partial charge in [0.1, 0.15) is 12.4 Å². The molecule has 0 bridgehead atoms. The van der Waals surface area contributed by atoms with Crippen molar-refractivity contribution in [2.45, 2.75) is 32.3 Å². The van der Waals surface area contributed by atoms with Crippen molar-refractivity contribution in [3.05, 3.63) is 60.2 Å². The first-order valence-corrected chi connectivity index (χ1v) is 8.88. The third kappa shape index (κ3) is 3.04. The predicted molar refractivity (Wildman–Crippen MR) is 95.2 cm³/mol. The van der Waals surface area contributed by atoms with E-state index < -0.39 is 0 Å². The molecule has 128 valence electrons. The third-order valence-electron chi connectivity index (χ3n) is 5.18. The number of hydrogen-bond acceptors (Lipinski definition) is 3. The first-order valence-electron chi connectivity index (χ1n) is 8.88. The quantitative estimate of drug-likeness (QED) is 0.795. The summed E-state index contributed by atoms with van der Waals surface area (Å²) in [5.74, 6) is 0.426. The highest BCUT2D eigenvalue weighted by molar-refractivity contribution is 6.22. The Morgan fingerprint density at radius 2 is 1.44 bits per heavy atom. The van der Waals surface area contributed by atoms with Gasteiger partial charge in [0, 0.05) is 0 Å². The third-order valence-corrected chi connectivity index (χ3v) is 5.18. The van der Waals surface area contributed by atoms with Crippen LogP contribution in [0.15, 0.2) is 54.6 Å². The summed E-state index contributed by atoms with van der Waals surface area (Å²) in [4.78, 5) is 26.6. The topological polar surface area (TPSA) is 46.6 Å². The number of carbonyl (C=O) groups excluding carboxylic acids is 2. The zero-order chi connectivity index (χ0) is 17.2. The monoisotopic (exact) mass is 335 g/mol. The maximum atomic E-state index is 12.6. The Hall–Kier alpha value is -2.62. The Bertz CT molecular complexity index is 745. The van der Waals surface area contributed by atoms with E-state index in [-0.39, 0.29) is 23.7 Å². The number of fused-ring (bicyclic) bond motifs is 1. The Labute approximate surface area is 147 Å². The van der Waals surface area contributed by atoms with Crippen molar-refractivity contribution >= 4 is 17.5 Å². The van der Waals surface area contributed by atoms with Crippen LogP contribution >= 0.6 is 0 Å². The van der Waals surface area contributed by atoms with E-state index in [1.807, 2.05) is 42.5 Å². The highest BCUT2D eigenvalue weighted by atomic mass is 16.5. The minimum atomic E-state index is -0.116. The first-order chi connectivity index (χ1) is 12.2. The van der Waals surface area contributed by atoms with Crippen LogP contribution < -0.4 is 9.64 Å². The first kappa shape index (κ1) is 15.9. The number of anilines is 1. The maximum absolute atomic E-state index is 12.6. The lowest BCUT2D eigenvalue weighted by molar-refractivity contribution is -0.122. The van der Waals surface area contributed by atoms with Crippen LogP contribution in [0.5, 0.6) is 5.75 Å². The largest absolute Gasteiger partial charge is 0.489 e. The number of carbonyl (C=O) groups is 2. The van der Waals surface area contributed by atoms with Gasteiger partial charge in [-0.25, -0.2) is 0 Å². The molecule has 2 fully saturated rings. The highest BCUT2D eigenvalue weighted by Gasteiger charge is 2.48. The van der Waals surface area contributed by atoms with Gasteiger partial charge in [-0.2, -0.15) is 0 Å². The Morgan fingerprint density at radius 3 is 2.04 bits per heavy atom. The molecular weight excluding hydrogens is 314 g/mol. The van der Waals surface area contributed by atoms with E-state index in [0.29, 0.717) is 12.3 Å². The van der Waals surface area contributed by atoms with Crippen LogP contribution in [-0.4, -0.2) is 11.8 Å². The van der Waals surface area contributed by atoms with Gasteiger partial charge in [-0.05, 0) is 42.7 Å². The van der Waals surface area contributed by atoms with Gasteiger partial charge in [0.2, 0.25) is 11.8 Å². The average Bonchev–Trinajstić information content (AvgIpc) is 2.93. The van der Waals surface area contributed by atoms with Crippen molar-refractivity contribution in [1.29, 1.82) is 0 Å². The van der Waals surface area contributed by atoms with Crippen LogP contribution in [-0.2, 0) is 16.2 Å². The minimum Gasteiger partial charge on any atom is -0.489 e. The number of ether oxygens (including phenoxy) is 1. The summed E-state index contributed by atoms with van der Waals surface area (Å²) in [5, 5.41) is 0. The SMILES string of the molecule is O=C1[C@@H]2CCCC[C@H]2C(=O)N1c1ccc(OCc2ccccc2)cc1. The van der Waals surface area contributed by atoms with Crippen LogP contribution in [0.2, 0.25) is 0 Å². The van der Waals surface area contributed by atoms with Gasteiger partial charge in [-0.15, -0.1) is 0 Å². The molecule has 1 heterocycles. The van der Waals surface area contributed by atoms with Gasteiger partial charge < -0.3 is 4.74 Å². The summed E-state index contributed by atoms with van der Waals surface area (Å²) < 4.78 is 5.77. The molecule has 25 heavy (non-hydrogen) atoms. The molecule has 4 rings (SSSR count). The molecule has 0 spiro atoms. The minimum absolute atomic E-state index is 0.0346. The van der Waals surface area contributed by atoms with E-state index in [1.165, 1.54) is 4.90 Å². The summed E-state index contributed by atoms with van der Waals surface area (Å²) in [6, 6.07) is 17.2. The molecule has 2 atom stereocenters. The summed E-state index contributed by atoms with van der Waals surface area (Å²) in [7, 11) is 0. The molecule has 0 unspecified atom stereocenters. The number of benzene rings is 2. The molecule has 2 aromatic carbocycles. The molecule has 4 heteroatoms. The molecule has 0 radical (unpaired) electrons. The van der Waals surface area contributed by atoms with Gasteiger partial charge in [0.05, 0.1) is 17.5 Å². The zero-order valence-electron chi connectivity index (χ0n) is 14.1. The molecule has 0 aromatic heterocycles. The van der Waals surface area contributed by atoms with Crippen LogP contribution in [0.3, 0.4) is 0 Å². The van der Waals surface area contributed by atoms with E-state index in [4.69, 9.17) is 4.74 Å². The fraction of sp³-hybridized carbons (Fsp3) is 0.333. The summed E-state index contributed by atoms with van der Waals surface area (Å²) in [5.41, 5.74) is 1.75. The van der Waals surface area contributed by atoms with E-state index in [2.05, 4.69) is 0 Å². The highest BCUT2D eigenvalue weighted by Crippen LogP contribution is 2.40. The molecule has 1 aliphatic carbocycles. The van der Waals surface area contributed by atoms with Crippen LogP contribution in [0.25, 0.3) is 0 Å². The Kier molecular flexibility index (Phi) is 4.26. The second-order valence-electron chi connectivity index (χ2n) is 6.78. The van der Waals surface area contributed by atoms with Gasteiger partial charge in [0.15, 0.2) is 0 Å². The number of hydrogen-bond donors (Lipinski definition) is 0. The Morgan fingerprint density at radius 1 is 0.840 bits per heavy atom. The van der Waals surface area contributed by atoms with Crippen molar-refractivity contribution in [2.75, 3.05) is 4.90 Å². The zero-order valence-corrected chi connectivity index (χ0v) is 14.1. The fourth-order valence-electron chi connectivity index (χ4n) is 3.85. The van der Waals surface area contributed by atoms with Crippen LogP contribution in [0, 0.1) is 11.8 Å². The van der Waals surface area contributed by atoms with Crippen molar-refractivity contribution in [1.82, 2.24) is 0 Å². The smallest absolute Gasteiger partial charge is 0.237 e. The lowest BCUT2D eigenvalue weighted by Crippen LogP contribution is -2.30. The second-order valence-corrected chi connectivity index (χ2v) is 6.78. The standard InChI is InChI=1S/C21H21NO3/c23-20-18-8-4-5-9-19(18)21(24)22(20)16-10-12-17(13-11-16)25-14-15-6-2-1-3-7-15/h1-3,6-7,10-13,18-19H,4-5,8-9,14H2/t18-,19-/m1/s1. The lowest BCUT2D eigenvalue weighted by atomic mass is 9.81. The molecule has 1 saturated carbocycles. The number of nitrogens with zero attached hydrogens (tertiary/aromatic N) is 1. The van der Waals surface area contributed by atoms with E-state index >= 15 is 0 Å². The van der Waals surface area contributed by atoms with Gasteiger partial charge in [-0.1, -0.05) is 43.2 Å². The average molecular weight is 335 g/mol. The molecule has 4 nitrogen and oxygen atoms in total. The van der Waals surface area contributed by atoms with E-state index in [0.717, 1.165) is 37.0 Å². The fourth-order valence-corrected chi connectivity index (χ4v) is 3.85.